The molecule has 1 rings (SSSR count). The molecule has 6 heteroatoms. The van der Waals surface area contributed by atoms with Crippen LogP contribution < -0.4 is 11.1 Å². The van der Waals surface area contributed by atoms with Crippen LogP contribution in [-0.2, 0) is 11.3 Å². The van der Waals surface area contributed by atoms with Crippen LogP contribution in [0.25, 0.3) is 0 Å². The Hall–Kier alpha value is -1.95. The lowest BCUT2D eigenvalue weighted by molar-refractivity contribution is -0.385. The first-order valence-corrected chi connectivity index (χ1v) is 6.31. The topological polar surface area (TPSA) is 98.3 Å². The zero-order chi connectivity index (χ0) is 14.3. The third-order valence-electron chi connectivity index (χ3n) is 2.85. The van der Waals surface area contributed by atoms with E-state index in [1.165, 1.54) is 6.07 Å². The summed E-state index contributed by atoms with van der Waals surface area (Å²) in [6, 6.07) is 5.78. The first-order chi connectivity index (χ1) is 9.06. The number of hydrogen-bond donors (Lipinski definition) is 2. The molecule has 0 fully saturated rings. The van der Waals surface area contributed by atoms with Gasteiger partial charge >= 0.3 is 0 Å². The third-order valence-corrected chi connectivity index (χ3v) is 2.85. The van der Waals surface area contributed by atoms with E-state index in [1.807, 2.05) is 6.92 Å². The number of nitrogens with zero attached hydrogens (tertiary/aromatic N) is 1. The molecule has 1 atom stereocenters. The fraction of sp³-hybridized carbons (Fsp3) is 0.462. The summed E-state index contributed by atoms with van der Waals surface area (Å²) in [5, 5.41) is 13.4. The molecule has 0 aliphatic rings. The molecule has 0 aliphatic carbocycles. The zero-order valence-corrected chi connectivity index (χ0v) is 11.0. The molecule has 19 heavy (non-hydrogen) atoms. The van der Waals surface area contributed by atoms with E-state index >= 15 is 0 Å². The second-order valence-electron chi connectivity index (χ2n) is 4.35. The molecule has 1 unspecified atom stereocenters. The summed E-state index contributed by atoms with van der Waals surface area (Å²) in [6.07, 6.45) is 2.49. The van der Waals surface area contributed by atoms with Crippen molar-refractivity contribution in [3.8, 4) is 0 Å². The SMILES string of the molecule is CCCCC(N)C(=O)NCc1ccccc1[N+](=O)[O-]. The minimum atomic E-state index is -0.553. The average molecular weight is 265 g/mol. The summed E-state index contributed by atoms with van der Waals surface area (Å²) in [7, 11) is 0. The van der Waals surface area contributed by atoms with E-state index in [-0.39, 0.29) is 18.1 Å². The average Bonchev–Trinajstić information content (AvgIpc) is 2.42. The molecule has 0 saturated heterocycles. The predicted molar refractivity (Wildman–Crippen MR) is 72.4 cm³/mol. The molecule has 1 aromatic rings. The van der Waals surface area contributed by atoms with Gasteiger partial charge in [0.25, 0.3) is 5.69 Å². The quantitative estimate of drug-likeness (QED) is 0.579. The fourth-order valence-corrected chi connectivity index (χ4v) is 1.71. The van der Waals surface area contributed by atoms with Crippen molar-refractivity contribution in [3.05, 3.63) is 39.9 Å². The lowest BCUT2D eigenvalue weighted by atomic mass is 10.1. The molecule has 1 amide bonds. The Morgan fingerprint density at radius 3 is 2.79 bits per heavy atom. The number of amides is 1. The van der Waals surface area contributed by atoms with Gasteiger partial charge in [-0.05, 0) is 6.42 Å². The Morgan fingerprint density at radius 2 is 2.16 bits per heavy atom. The molecular formula is C13H19N3O3. The molecule has 3 N–H and O–H groups in total. The van der Waals surface area contributed by atoms with E-state index in [1.54, 1.807) is 18.2 Å². The van der Waals surface area contributed by atoms with Gasteiger partial charge < -0.3 is 11.1 Å². The van der Waals surface area contributed by atoms with Gasteiger partial charge in [0.05, 0.1) is 11.0 Å². The van der Waals surface area contributed by atoms with Crippen LogP contribution in [0, 0.1) is 10.1 Å². The molecular weight excluding hydrogens is 246 g/mol. The molecule has 0 aromatic heterocycles. The van der Waals surface area contributed by atoms with Gasteiger partial charge in [0.2, 0.25) is 5.91 Å². The molecule has 0 aliphatic heterocycles. The van der Waals surface area contributed by atoms with Crippen molar-refractivity contribution in [2.45, 2.75) is 38.8 Å². The summed E-state index contributed by atoms with van der Waals surface area (Å²) < 4.78 is 0. The van der Waals surface area contributed by atoms with Crippen molar-refractivity contribution >= 4 is 11.6 Å². The summed E-state index contributed by atoms with van der Waals surface area (Å²) in [4.78, 5) is 22.0. The summed E-state index contributed by atoms with van der Waals surface area (Å²) in [5.74, 6) is -0.272. The van der Waals surface area contributed by atoms with E-state index in [0.717, 1.165) is 12.8 Å². The van der Waals surface area contributed by atoms with Crippen molar-refractivity contribution in [2.75, 3.05) is 0 Å². The maximum atomic E-state index is 11.7. The van der Waals surface area contributed by atoms with E-state index < -0.39 is 11.0 Å². The van der Waals surface area contributed by atoms with Crippen LogP contribution in [0.4, 0.5) is 5.69 Å². The van der Waals surface area contributed by atoms with Crippen molar-refractivity contribution in [2.24, 2.45) is 5.73 Å². The van der Waals surface area contributed by atoms with Crippen LogP contribution in [0.15, 0.2) is 24.3 Å². The van der Waals surface area contributed by atoms with Gasteiger partial charge in [-0.2, -0.15) is 0 Å². The van der Waals surface area contributed by atoms with Crippen LogP contribution in [-0.4, -0.2) is 16.9 Å². The lowest BCUT2D eigenvalue weighted by Crippen LogP contribution is -2.40. The number of unbranched alkanes of at least 4 members (excludes halogenated alkanes) is 1. The maximum Gasteiger partial charge on any atom is 0.274 e. The van der Waals surface area contributed by atoms with Gasteiger partial charge in [-0.1, -0.05) is 38.0 Å². The van der Waals surface area contributed by atoms with Crippen molar-refractivity contribution in [1.29, 1.82) is 0 Å². The van der Waals surface area contributed by atoms with Crippen LogP contribution >= 0.6 is 0 Å². The molecule has 0 heterocycles. The van der Waals surface area contributed by atoms with Crippen molar-refractivity contribution < 1.29 is 9.72 Å². The van der Waals surface area contributed by atoms with E-state index in [0.29, 0.717) is 12.0 Å². The largest absolute Gasteiger partial charge is 0.350 e. The van der Waals surface area contributed by atoms with Gasteiger partial charge in [0.15, 0.2) is 0 Å². The smallest absolute Gasteiger partial charge is 0.274 e. The number of para-hydroxylation sites is 1. The van der Waals surface area contributed by atoms with Gasteiger partial charge in [-0.3, -0.25) is 14.9 Å². The van der Waals surface area contributed by atoms with Crippen LogP contribution in [0.5, 0.6) is 0 Å². The zero-order valence-electron chi connectivity index (χ0n) is 11.0. The highest BCUT2D eigenvalue weighted by molar-refractivity contribution is 5.81. The standard InChI is InChI=1S/C13H19N3O3/c1-2-3-7-11(14)13(17)15-9-10-6-4-5-8-12(10)16(18)19/h4-6,8,11H,2-3,7,9,14H2,1H3,(H,15,17). The van der Waals surface area contributed by atoms with Crippen LogP contribution in [0.1, 0.15) is 31.7 Å². The van der Waals surface area contributed by atoms with Gasteiger partial charge in [-0.15, -0.1) is 0 Å². The molecule has 0 radical (unpaired) electrons. The number of nitro benzene ring substituents is 1. The fourth-order valence-electron chi connectivity index (χ4n) is 1.71. The monoisotopic (exact) mass is 265 g/mol. The third kappa shape index (κ3) is 4.67. The molecule has 104 valence electrons. The first-order valence-electron chi connectivity index (χ1n) is 6.31. The Labute approximate surface area is 112 Å². The van der Waals surface area contributed by atoms with Gasteiger partial charge in [0.1, 0.15) is 0 Å². The number of nitro groups is 1. The van der Waals surface area contributed by atoms with Crippen LogP contribution in [0.3, 0.4) is 0 Å². The lowest BCUT2D eigenvalue weighted by Gasteiger charge is -2.11. The van der Waals surface area contributed by atoms with Crippen molar-refractivity contribution in [3.63, 3.8) is 0 Å². The Morgan fingerprint density at radius 1 is 1.47 bits per heavy atom. The Bertz CT molecular complexity index is 449. The van der Waals surface area contributed by atoms with E-state index in [2.05, 4.69) is 5.32 Å². The van der Waals surface area contributed by atoms with Crippen LogP contribution in [0.2, 0.25) is 0 Å². The normalized spacial score (nSPS) is 11.9. The molecule has 0 saturated carbocycles. The Kier molecular flexibility index (Phi) is 5.95. The van der Waals surface area contributed by atoms with E-state index in [9.17, 15) is 14.9 Å². The van der Waals surface area contributed by atoms with E-state index in [4.69, 9.17) is 5.73 Å². The van der Waals surface area contributed by atoms with Crippen molar-refractivity contribution in [1.82, 2.24) is 5.32 Å². The number of hydrogen-bond acceptors (Lipinski definition) is 4. The molecule has 0 spiro atoms. The Balaban J connectivity index is 2.57. The minimum absolute atomic E-state index is 0.00456. The maximum absolute atomic E-state index is 11.7. The first kappa shape index (κ1) is 15.1. The molecule has 6 nitrogen and oxygen atoms in total. The minimum Gasteiger partial charge on any atom is -0.350 e. The number of benzene rings is 1. The summed E-state index contributed by atoms with van der Waals surface area (Å²) >= 11 is 0. The summed E-state index contributed by atoms with van der Waals surface area (Å²) in [6.45, 7) is 2.15. The second kappa shape index (κ2) is 7.48. The van der Waals surface area contributed by atoms with Gasteiger partial charge in [0, 0.05) is 18.2 Å². The predicted octanol–water partition coefficient (Wildman–Crippen LogP) is 1.73. The number of nitrogens with two attached hydrogens (primary N) is 1. The second-order valence-corrected chi connectivity index (χ2v) is 4.35. The summed E-state index contributed by atoms with van der Waals surface area (Å²) in [5.41, 5.74) is 6.20. The van der Waals surface area contributed by atoms with Gasteiger partial charge in [-0.25, -0.2) is 0 Å². The highest BCUT2D eigenvalue weighted by Gasteiger charge is 2.16. The number of carbonyl (C=O) groups excluding carboxylic acids is 1. The molecule has 1 aromatic carbocycles. The number of nitrogens with one attached hydrogen (secondary N) is 1. The number of carbonyl (C=O) groups is 1. The number of rotatable bonds is 7. The molecule has 0 bridgehead atoms. The highest BCUT2D eigenvalue weighted by Crippen LogP contribution is 2.17. The highest BCUT2D eigenvalue weighted by atomic mass is 16.6.